The molecule has 22 heavy (non-hydrogen) atoms. The summed E-state index contributed by atoms with van der Waals surface area (Å²) in [6, 6.07) is 3.39. The summed E-state index contributed by atoms with van der Waals surface area (Å²) in [4.78, 5) is 23.0. The Morgan fingerprint density at radius 2 is 1.82 bits per heavy atom. The first-order valence-corrected chi connectivity index (χ1v) is 6.82. The van der Waals surface area contributed by atoms with Crippen LogP contribution in [0.4, 0.5) is 0 Å². The number of carbonyl (C=O) groups is 2. The van der Waals surface area contributed by atoms with E-state index in [-0.39, 0.29) is 18.7 Å². The van der Waals surface area contributed by atoms with Crippen molar-refractivity contribution in [2.45, 2.75) is 18.9 Å². The first-order valence-electron chi connectivity index (χ1n) is 6.82. The number of hydrogen-bond acceptors (Lipinski definition) is 6. The molecule has 1 atom stereocenters. The van der Waals surface area contributed by atoms with Crippen molar-refractivity contribution in [2.75, 3.05) is 27.9 Å². The highest BCUT2D eigenvalue weighted by Gasteiger charge is 2.25. The lowest BCUT2D eigenvalue weighted by Crippen LogP contribution is -2.22. The molecule has 1 saturated heterocycles. The Hall–Kier alpha value is -2.44. The number of hydrogen-bond donors (Lipinski definition) is 1. The first-order chi connectivity index (χ1) is 10.6. The van der Waals surface area contributed by atoms with Gasteiger partial charge in [0.05, 0.1) is 40.7 Å². The Labute approximate surface area is 128 Å². The van der Waals surface area contributed by atoms with Gasteiger partial charge in [-0.2, -0.15) is 0 Å². The molecule has 7 heteroatoms. The van der Waals surface area contributed by atoms with Crippen LogP contribution < -0.4 is 19.5 Å². The zero-order valence-corrected chi connectivity index (χ0v) is 12.8. The minimum Gasteiger partial charge on any atom is -0.493 e. The minimum atomic E-state index is -0.407. The van der Waals surface area contributed by atoms with Crippen LogP contribution in [-0.2, 0) is 20.7 Å². The van der Waals surface area contributed by atoms with Crippen LogP contribution in [0.3, 0.4) is 0 Å². The third kappa shape index (κ3) is 3.60. The van der Waals surface area contributed by atoms with Gasteiger partial charge in [-0.15, -0.1) is 0 Å². The molecule has 0 spiro atoms. The molecule has 1 heterocycles. The van der Waals surface area contributed by atoms with E-state index in [0.29, 0.717) is 29.4 Å². The molecule has 1 N–H and O–H groups in total. The van der Waals surface area contributed by atoms with Gasteiger partial charge in [-0.05, 0) is 17.7 Å². The predicted octanol–water partition coefficient (Wildman–Crippen LogP) is 0.687. The summed E-state index contributed by atoms with van der Waals surface area (Å²) in [7, 11) is 4.53. The van der Waals surface area contributed by atoms with Crippen molar-refractivity contribution in [1.82, 2.24) is 5.32 Å². The molecule has 0 aromatic heterocycles. The molecule has 0 bridgehead atoms. The fourth-order valence-corrected chi connectivity index (χ4v) is 2.29. The maximum absolute atomic E-state index is 12.0. The maximum Gasteiger partial charge on any atom is 0.310 e. The molecule has 0 saturated carbocycles. The lowest BCUT2D eigenvalue weighted by atomic mass is 10.1. The highest BCUT2D eigenvalue weighted by Crippen LogP contribution is 2.38. The molecule has 1 aromatic carbocycles. The van der Waals surface area contributed by atoms with Gasteiger partial charge in [0.25, 0.3) is 0 Å². The van der Waals surface area contributed by atoms with E-state index < -0.39 is 12.1 Å². The average molecular weight is 309 g/mol. The monoisotopic (exact) mass is 309 g/mol. The number of benzene rings is 1. The normalized spacial score (nSPS) is 16.9. The Balaban J connectivity index is 2.08. The van der Waals surface area contributed by atoms with Gasteiger partial charge >= 0.3 is 5.97 Å². The molecule has 1 fully saturated rings. The van der Waals surface area contributed by atoms with Gasteiger partial charge in [-0.1, -0.05) is 0 Å². The molecule has 120 valence electrons. The second kappa shape index (κ2) is 7.02. The van der Waals surface area contributed by atoms with E-state index in [1.807, 2.05) is 0 Å². The molecular weight excluding hydrogens is 290 g/mol. The quantitative estimate of drug-likeness (QED) is 0.778. The third-order valence-corrected chi connectivity index (χ3v) is 3.31. The van der Waals surface area contributed by atoms with Crippen LogP contribution >= 0.6 is 0 Å². The van der Waals surface area contributed by atoms with Crippen molar-refractivity contribution in [3.05, 3.63) is 17.7 Å². The fraction of sp³-hybridized carbons (Fsp3) is 0.467. The standard InChI is InChI=1S/C15H19NO6/c1-19-11-4-9(5-12(20-2)15(11)21-3)6-14(18)22-10-7-13(17)16-8-10/h4-5,10H,6-8H2,1-3H3,(H,16,17). The van der Waals surface area contributed by atoms with Gasteiger partial charge in [0, 0.05) is 0 Å². The highest BCUT2D eigenvalue weighted by molar-refractivity contribution is 5.80. The molecule has 0 radical (unpaired) electrons. The summed E-state index contributed by atoms with van der Waals surface area (Å²) in [5.41, 5.74) is 0.678. The van der Waals surface area contributed by atoms with Gasteiger partial charge in [0.2, 0.25) is 11.7 Å². The molecule has 1 amide bonds. The lowest BCUT2D eigenvalue weighted by Gasteiger charge is -2.14. The van der Waals surface area contributed by atoms with E-state index in [1.54, 1.807) is 12.1 Å². The second-order valence-electron chi connectivity index (χ2n) is 4.83. The maximum atomic E-state index is 12.0. The van der Waals surface area contributed by atoms with Crippen LogP contribution in [0.2, 0.25) is 0 Å². The number of carbonyl (C=O) groups excluding carboxylic acids is 2. The lowest BCUT2D eigenvalue weighted by molar-refractivity contribution is -0.147. The topological polar surface area (TPSA) is 83.1 Å². The van der Waals surface area contributed by atoms with E-state index in [2.05, 4.69) is 5.32 Å². The van der Waals surface area contributed by atoms with Gasteiger partial charge in [-0.25, -0.2) is 0 Å². The Kier molecular flexibility index (Phi) is 5.08. The van der Waals surface area contributed by atoms with Crippen LogP contribution in [0.15, 0.2) is 12.1 Å². The Bertz CT molecular complexity index is 546. The molecule has 1 aliphatic heterocycles. The summed E-state index contributed by atoms with van der Waals surface area (Å²) < 4.78 is 21.0. The molecule has 1 unspecified atom stereocenters. The molecule has 2 rings (SSSR count). The van der Waals surface area contributed by atoms with Gasteiger partial charge < -0.3 is 24.3 Å². The van der Waals surface area contributed by atoms with Gasteiger partial charge in [0.1, 0.15) is 6.10 Å². The van der Waals surface area contributed by atoms with E-state index in [1.165, 1.54) is 21.3 Å². The van der Waals surface area contributed by atoms with Crippen LogP contribution in [0.25, 0.3) is 0 Å². The predicted molar refractivity (Wildman–Crippen MR) is 77.3 cm³/mol. The van der Waals surface area contributed by atoms with Gasteiger partial charge in [0.15, 0.2) is 11.5 Å². The molecule has 0 aliphatic carbocycles. The summed E-state index contributed by atoms with van der Waals surface area (Å²) in [6.07, 6.45) is -0.135. The van der Waals surface area contributed by atoms with Crippen LogP contribution in [0.5, 0.6) is 17.2 Å². The number of amides is 1. The van der Waals surface area contributed by atoms with Crippen LogP contribution in [0, 0.1) is 0 Å². The van der Waals surface area contributed by atoms with Crippen molar-refractivity contribution in [3.63, 3.8) is 0 Å². The molecule has 1 aliphatic rings. The average Bonchev–Trinajstić information content (AvgIpc) is 2.90. The van der Waals surface area contributed by atoms with Crippen molar-refractivity contribution >= 4 is 11.9 Å². The zero-order valence-electron chi connectivity index (χ0n) is 12.8. The number of ether oxygens (including phenoxy) is 4. The molecule has 1 aromatic rings. The number of nitrogens with one attached hydrogen (secondary N) is 1. The Morgan fingerprint density at radius 3 is 2.27 bits per heavy atom. The summed E-state index contributed by atoms with van der Waals surface area (Å²) >= 11 is 0. The van der Waals surface area contributed by atoms with E-state index in [4.69, 9.17) is 18.9 Å². The smallest absolute Gasteiger partial charge is 0.310 e. The Morgan fingerprint density at radius 1 is 1.18 bits per heavy atom. The summed E-state index contributed by atoms with van der Waals surface area (Å²) in [5, 5.41) is 2.62. The van der Waals surface area contributed by atoms with Crippen LogP contribution in [-0.4, -0.2) is 45.9 Å². The molecular formula is C15H19NO6. The number of rotatable bonds is 6. The third-order valence-electron chi connectivity index (χ3n) is 3.31. The molecule has 7 nitrogen and oxygen atoms in total. The van der Waals surface area contributed by atoms with Crippen molar-refractivity contribution in [3.8, 4) is 17.2 Å². The second-order valence-corrected chi connectivity index (χ2v) is 4.83. The summed E-state index contributed by atoms with van der Waals surface area (Å²) in [5.74, 6) is 0.902. The van der Waals surface area contributed by atoms with E-state index >= 15 is 0 Å². The fourth-order valence-electron chi connectivity index (χ4n) is 2.29. The van der Waals surface area contributed by atoms with Crippen LogP contribution in [0.1, 0.15) is 12.0 Å². The number of esters is 1. The largest absolute Gasteiger partial charge is 0.493 e. The van der Waals surface area contributed by atoms with Crippen molar-refractivity contribution in [1.29, 1.82) is 0 Å². The van der Waals surface area contributed by atoms with E-state index in [0.717, 1.165) is 0 Å². The van der Waals surface area contributed by atoms with Crippen molar-refractivity contribution < 1.29 is 28.5 Å². The number of methoxy groups -OCH3 is 3. The van der Waals surface area contributed by atoms with Crippen molar-refractivity contribution in [2.24, 2.45) is 0 Å². The SMILES string of the molecule is COc1cc(CC(=O)OC2CNC(=O)C2)cc(OC)c1OC. The van der Waals surface area contributed by atoms with Gasteiger partial charge in [-0.3, -0.25) is 9.59 Å². The summed E-state index contributed by atoms with van der Waals surface area (Å²) in [6.45, 7) is 0.361. The minimum absolute atomic E-state index is 0.0569. The zero-order chi connectivity index (χ0) is 16.1. The van der Waals surface area contributed by atoms with E-state index in [9.17, 15) is 9.59 Å². The highest BCUT2D eigenvalue weighted by atomic mass is 16.5. The first kappa shape index (κ1) is 15.9.